The maximum atomic E-state index is 12.1. The molecule has 1 saturated heterocycles. The number of anilines is 1. The fourth-order valence-electron chi connectivity index (χ4n) is 2.04. The fraction of sp³-hybridized carbons (Fsp3) is 0.417. The number of aliphatic hydroxyl groups is 1. The molecule has 0 radical (unpaired) electrons. The number of phenolic OH excluding ortho intramolecular Hbond substituents is 1. The molecular formula is C12H16N2O3. The minimum absolute atomic E-state index is 0.183. The number of phenols is 1. The molecule has 0 aromatic heterocycles. The van der Waals surface area contributed by atoms with Gasteiger partial charge in [0.2, 0.25) is 0 Å². The van der Waals surface area contributed by atoms with Crippen molar-refractivity contribution in [2.24, 2.45) is 0 Å². The summed E-state index contributed by atoms with van der Waals surface area (Å²) in [6, 6.07) is 4.70. The van der Waals surface area contributed by atoms with Gasteiger partial charge in [0, 0.05) is 13.1 Å². The van der Waals surface area contributed by atoms with Crippen molar-refractivity contribution in [3.63, 3.8) is 0 Å². The van der Waals surface area contributed by atoms with Crippen LogP contribution in [0.5, 0.6) is 5.75 Å². The zero-order valence-electron chi connectivity index (χ0n) is 9.47. The van der Waals surface area contributed by atoms with E-state index in [4.69, 9.17) is 5.73 Å². The topological polar surface area (TPSA) is 86.8 Å². The van der Waals surface area contributed by atoms with Gasteiger partial charge in [-0.25, -0.2) is 0 Å². The summed E-state index contributed by atoms with van der Waals surface area (Å²) in [5.41, 5.74) is 5.93. The lowest BCUT2D eigenvalue weighted by Crippen LogP contribution is -2.42. The molecule has 1 atom stereocenters. The van der Waals surface area contributed by atoms with Crippen LogP contribution in [0.3, 0.4) is 0 Å². The van der Waals surface area contributed by atoms with Crippen LogP contribution in [-0.2, 0) is 0 Å². The molecule has 1 fully saturated rings. The van der Waals surface area contributed by atoms with E-state index in [0.29, 0.717) is 19.5 Å². The molecule has 0 bridgehead atoms. The van der Waals surface area contributed by atoms with Gasteiger partial charge in [0.05, 0.1) is 17.4 Å². The number of para-hydroxylation sites is 1. The van der Waals surface area contributed by atoms with E-state index in [0.717, 1.165) is 6.42 Å². The zero-order chi connectivity index (χ0) is 12.4. The van der Waals surface area contributed by atoms with E-state index >= 15 is 0 Å². The van der Waals surface area contributed by atoms with Gasteiger partial charge in [-0.2, -0.15) is 0 Å². The number of β-amino-alcohol motifs (C(OH)–C–C–N with tert-alkyl or cyclic N) is 1. The number of benzene rings is 1. The first-order chi connectivity index (χ1) is 8.09. The molecule has 1 heterocycles. The number of aliphatic hydroxyl groups excluding tert-OH is 1. The predicted molar refractivity (Wildman–Crippen MR) is 63.7 cm³/mol. The maximum Gasteiger partial charge on any atom is 0.257 e. The van der Waals surface area contributed by atoms with E-state index in [2.05, 4.69) is 0 Å². The fourth-order valence-corrected chi connectivity index (χ4v) is 2.04. The molecule has 1 aliphatic heterocycles. The van der Waals surface area contributed by atoms with Crippen LogP contribution in [-0.4, -0.2) is 40.2 Å². The number of nitrogens with zero attached hydrogens (tertiary/aromatic N) is 1. The van der Waals surface area contributed by atoms with Crippen molar-refractivity contribution in [2.75, 3.05) is 18.8 Å². The number of amides is 1. The van der Waals surface area contributed by atoms with Gasteiger partial charge in [-0.1, -0.05) is 6.07 Å². The van der Waals surface area contributed by atoms with Crippen molar-refractivity contribution >= 4 is 11.6 Å². The van der Waals surface area contributed by atoms with Gasteiger partial charge >= 0.3 is 0 Å². The second-order valence-corrected chi connectivity index (χ2v) is 4.29. The summed E-state index contributed by atoms with van der Waals surface area (Å²) in [7, 11) is 0. The Balaban J connectivity index is 2.22. The Hall–Kier alpha value is -1.75. The molecule has 5 nitrogen and oxygen atoms in total. The molecule has 17 heavy (non-hydrogen) atoms. The predicted octanol–water partition coefficient (Wildman–Crippen LogP) is 0.571. The summed E-state index contributed by atoms with van der Waals surface area (Å²) >= 11 is 0. The normalized spacial score (nSPS) is 20.3. The molecule has 0 saturated carbocycles. The van der Waals surface area contributed by atoms with Gasteiger partial charge in [0.25, 0.3) is 5.91 Å². The number of likely N-dealkylation sites (tertiary alicyclic amines) is 1. The van der Waals surface area contributed by atoms with Crippen LogP contribution >= 0.6 is 0 Å². The van der Waals surface area contributed by atoms with Crippen LogP contribution in [0.2, 0.25) is 0 Å². The van der Waals surface area contributed by atoms with Gasteiger partial charge in [-0.3, -0.25) is 4.79 Å². The van der Waals surface area contributed by atoms with Gasteiger partial charge in [0.15, 0.2) is 5.75 Å². The Bertz CT molecular complexity index is 434. The molecule has 1 aromatic carbocycles. The monoisotopic (exact) mass is 236 g/mol. The number of piperidine rings is 1. The van der Waals surface area contributed by atoms with Gasteiger partial charge < -0.3 is 20.8 Å². The number of hydrogen-bond acceptors (Lipinski definition) is 4. The molecule has 1 aliphatic rings. The summed E-state index contributed by atoms with van der Waals surface area (Å²) in [5.74, 6) is -0.467. The first kappa shape index (κ1) is 11.7. The quantitative estimate of drug-likeness (QED) is 0.491. The van der Waals surface area contributed by atoms with E-state index in [1.807, 2.05) is 0 Å². The zero-order valence-corrected chi connectivity index (χ0v) is 9.47. The molecule has 5 heteroatoms. The number of rotatable bonds is 1. The van der Waals surface area contributed by atoms with Crippen molar-refractivity contribution in [3.05, 3.63) is 23.8 Å². The molecule has 1 amide bonds. The lowest BCUT2D eigenvalue weighted by atomic mass is 10.1. The summed E-state index contributed by atoms with van der Waals surface area (Å²) < 4.78 is 0. The molecule has 0 spiro atoms. The molecule has 0 aliphatic carbocycles. The van der Waals surface area contributed by atoms with Crippen molar-refractivity contribution in [1.82, 2.24) is 4.90 Å². The smallest absolute Gasteiger partial charge is 0.257 e. The number of aromatic hydroxyl groups is 1. The van der Waals surface area contributed by atoms with Crippen LogP contribution in [0, 0.1) is 0 Å². The van der Waals surface area contributed by atoms with Crippen molar-refractivity contribution in [1.29, 1.82) is 0 Å². The first-order valence-corrected chi connectivity index (χ1v) is 5.64. The van der Waals surface area contributed by atoms with Crippen LogP contribution in [0.25, 0.3) is 0 Å². The van der Waals surface area contributed by atoms with Gasteiger partial charge in [0.1, 0.15) is 0 Å². The highest BCUT2D eigenvalue weighted by molar-refractivity contribution is 5.98. The lowest BCUT2D eigenvalue weighted by Gasteiger charge is -2.30. The van der Waals surface area contributed by atoms with Gasteiger partial charge in [-0.05, 0) is 25.0 Å². The molecule has 2 rings (SSSR count). The number of hydrogen-bond donors (Lipinski definition) is 3. The highest BCUT2D eigenvalue weighted by atomic mass is 16.3. The molecule has 4 N–H and O–H groups in total. The van der Waals surface area contributed by atoms with Crippen molar-refractivity contribution < 1.29 is 15.0 Å². The Labute approximate surface area is 99.5 Å². The Kier molecular flexibility index (Phi) is 3.19. The minimum Gasteiger partial charge on any atom is -0.505 e. The van der Waals surface area contributed by atoms with Crippen LogP contribution in [0.1, 0.15) is 23.2 Å². The SMILES string of the molecule is Nc1cccc(C(=O)N2CCCC(O)C2)c1O. The summed E-state index contributed by atoms with van der Waals surface area (Å²) in [5, 5.41) is 19.2. The number of nitrogens with two attached hydrogens (primary N) is 1. The summed E-state index contributed by atoms with van der Waals surface area (Å²) in [6.07, 6.45) is 1.01. The second-order valence-electron chi connectivity index (χ2n) is 4.29. The Morgan fingerprint density at radius 2 is 2.24 bits per heavy atom. The van der Waals surface area contributed by atoms with E-state index in [1.54, 1.807) is 11.0 Å². The maximum absolute atomic E-state index is 12.1. The third-order valence-electron chi connectivity index (χ3n) is 2.98. The summed E-state index contributed by atoms with van der Waals surface area (Å²) in [6.45, 7) is 0.914. The Morgan fingerprint density at radius 1 is 1.47 bits per heavy atom. The van der Waals surface area contributed by atoms with E-state index < -0.39 is 6.10 Å². The van der Waals surface area contributed by atoms with Crippen molar-refractivity contribution in [2.45, 2.75) is 18.9 Å². The average molecular weight is 236 g/mol. The second kappa shape index (κ2) is 4.63. The Morgan fingerprint density at radius 3 is 2.94 bits per heavy atom. The van der Waals surface area contributed by atoms with Crippen LogP contribution in [0.4, 0.5) is 5.69 Å². The van der Waals surface area contributed by atoms with Gasteiger partial charge in [-0.15, -0.1) is 0 Å². The van der Waals surface area contributed by atoms with E-state index in [1.165, 1.54) is 12.1 Å². The number of carbonyl (C=O) groups excluding carboxylic acids is 1. The first-order valence-electron chi connectivity index (χ1n) is 5.64. The highest BCUT2D eigenvalue weighted by Gasteiger charge is 2.25. The third kappa shape index (κ3) is 2.34. The van der Waals surface area contributed by atoms with E-state index in [-0.39, 0.29) is 22.9 Å². The van der Waals surface area contributed by atoms with Crippen LogP contribution in [0.15, 0.2) is 18.2 Å². The van der Waals surface area contributed by atoms with E-state index in [9.17, 15) is 15.0 Å². The number of carbonyl (C=O) groups is 1. The number of nitrogen functional groups attached to an aromatic ring is 1. The van der Waals surface area contributed by atoms with Crippen LogP contribution < -0.4 is 5.73 Å². The molecule has 92 valence electrons. The lowest BCUT2D eigenvalue weighted by molar-refractivity contribution is 0.0471. The standard InChI is InChI=1S/C12H16N2O3/c13-10-5-1-4-9(11(10)16)12(17)14-6-2-3-8(15)7-14/h1,4-5,8,15-16H,2-3,6-7,13H2. The molecular weight excluding hydrogens is 220 g/mol. The van der Waals surface area contributed by atoms with Crippen molar-refractivity contribution in [3.8, 4) is 5.75 Å². The average Bonchev–Trinajstić information content (AvgIpc) is 2.32. The highest BCUT2D eigenvalue weighted by Crippen LogP contribution is 2.26. The molecule has 1 aromatic rings. The summed E-state index contributed by atoms with van der Waals surface area (Å²) in [4.78, 5) is 13.7. The molecule has 1 unspecified atom stereocenters. The largest absolute Gasteiger partial charge is 0.505 e. The minimum atomic E-state index is -0.476. The third-order valence-corrected chi connectivity index (χ3v) is 2.98.